The molecule has 0 saturated carbocycles. The van der Waals surface area contributed by atoms with E-state index in [1.54, 1.807) is 43.3 Å². The average molecular weight is 356 g/mol. The van der Waals surface area contributed by atoms with Gasteiger partial charge in [0.1, 0.15) is 19.0 Å². The van der Waals surface area contributed by atoms with Gasteiger partial charge in [0.2, 0.25) is 0 Å². The van der Waals surface area contributed by atoms with E-state index in [2.05, 4.69) is 0 Å². The first-order chi connectivity index (χ1) is 12.6. The molecule has 3 rings (SSSR count). The summed E-state index contributed by atoms with van der Waals surface area (Å²) in [4.78, 5) is 24.4. The number of ether oxygens (including phenoxy) is 4. The van der Waals surface area contributed by atoms with Crippen LogP contribution in [0.25, 0.3) is 0 Å². The number of esters is 1. The molecule has 0 radical (unpaired) electrons. The number of methoxy groups -OCH3 is 1. The van der Waals surface area contributed by atoms with Crippen LogP contribution in [0.5, 0.6) is 17.2 Å². The fourth-order valence-electron chi connectivity index (χ4n) is 2.72. The molecule has 0 atom stereocenters. The zero-order valence-corrected chi connectivity index (χ0v) is 14.7. The second-order valence-electron chi connectivity index (χ2n) is 5.70. The van der Waals surface area contributed by atoms with E-state index in [0.717, 1.165) is 5.56 Å². The highest BCUT2D eigenvalue weighted by Gasteiger charge is 2.21. The van der Waals surface area contributed by atoms with Crippen molar-refractivity contribution in [2.45, 2.75) is 13.3 Å². The molecule has 0 amide bonds. The lowest BCUT2D eigenvalue weighted by Crippen LogP contribution is -2.16. The van der Waals surface area contributed by atoms with Gasteiger partial charge in [-0.15, -0.1) is 0 Å². The molecule has 6 heteroatoms. The van der Waals surface area contributed by atoms with Crippen LogP contribution in [-0.4, -0.2) is 38.7 Å². The van der Waals surface area contributed by atoms with Crippen LogP contribution in [0.4, 0.5) is 0 Å². The summed E-state index contributed by atoms with van der Waals surface area (Å²) in [7, 11) is 1.50. The molecule has 0 aliphatic carbocycles. The fraction of sp³-hybridized carbons (Fsp3) is 0.300. The number of rotatable bonds is 6. The van der Waals surface area contributed by atoms with Crippen LogP contribution in [0.1, 0.15) is 28.4 Å². The van der Waals surface area contributed by atoms with Gasteiger partial charge in [0, 0.05) is 11.6 Å². The summed E-state index contributed by atoms with van der Waals surface area (Å²) in [5, 5.41) is 0. The third-order valence-corrected chi connectivity index (χ3v) is 3.98. The van der Waals surface area contributed by atoms with Crippen LogP contribution in [0.2, 0.25) is 0 Å². The highest BCUT2D eigenvalue weighted by atomic mass is 16.6. The van der Waals surface area contributed by atoms with Crippen molar-refractivity contribution in [2.75, 3.05) is 26.9 Å². The van der Waals surface area contributed by atoms with E-state index in [0.29, 0.717) is 48.2 Å². The van der Waals surface area contributed by atoms with Gasteiger partial charge in [-0.2, -0.15) is 0 Å². The van der Waals surface area contributed by atoms with Crippen LogP contribution >= 0.6 is 0 Å². The predicted molar refractivity (Wildman–Crippen MR) is 94.2 cm³/mol. The molecule has 2 aromatic rings. The van der Waals surface area contributed by atoms with Crippen LogP contribution < -0.4 is 14.2 Å². The van der Waals surface area contributed by atoms with Gasteiger partial charge in [-0.3, -0.25) is 9.59 Å². The van der Waals surface area contributed by atoms with Crippen molar-refractivity contribution < 1.29 is 28.5 Å². The summed E-state index contributed by atoms with van der Waals surface area (Å²) < 4.78 is 21.3. The zero-order chi connectivity index (χ0) is 18.5. The fourth-order valence-corrected chi connectivity index (χ4v) is 2.72. The SMILES string of the molecule is CCOC(=O)Cc1ccc(C(=O)c2cc3c(cc2OC)OCCO3)cc1. The number of hydrogen-bond acceptors (Lipinski definition) is 6. The predicted octanol–water partition coefficient (Wildman–Crippen LogP) is 2.80. The lowest BCUT2D eigenvalue weighted by molar-refractivity contribution is -0.142. The Morgan fingerprint density at radius 2 is 1.69 bits per heavy atom. The second kappa shape index (κ2) is 7.91. The molecular formula is C20H20O6. The Balaban J connectivity index is 1.83. The van der Waals surface area contributed by atoms with Gasteiger partial charge in [-0.1, -0.05) is 24.3 Å². The molecule has 0 spiro atoms. The van der Waals surface area contributed by atoms with Crippen molar-refractivity contribution in [3.8, 4) is 17.2 Å². The molecule has 0 bridgehead atoms. The Hall–Kier alpha value is -3.02. The Morgan fingerprint density at radius 3 is 2.31 bits per heavy atom. The molecule has 1 heterocycles. The normalized spacial score (nSPS) is 12.4. The molecule has 6 nitrogen and oxygen atoms in total. The summed E-state index contributed by atoms with van der Waals surface area (Å²) in [6, 6.07) is 10.2. The Bertz CT molecular complexity index is 810. The lowest BCUT2D eigenvalue weighted by Gasteiger charge is -2.20. The van der Waals surface area contributed by atoms with Gasteiger partial charge >= 0.3 is 5.97 Å². The van der Waals surface area contributed by atoms with Gasteiger partial charge in [0.05, 0.1) is 25.7 Å². The van der Waals surface area contributed by atoms with Crippen LogP contribution in [-0.2, 0) is 16.0 Å². The Kier molecular flexibility index (Phi) is 5.41. The van der Waals surface area contributed by atoms with Crippen molar-refractivity contribution in [3.05, 3.63) is 53.1 Å². The van der Waals surface area contributed by atoms with Crippen molar-refractivity contribution in [2.24, 2.45) is 0 Å². The van der Waals surface area contributed by atoms with E-state index in [9.17, 15) is 9.59 Å². The highest BCUT2D eigenvalue weighted by molar-refractivity contribution is 6.11. The zero-order valence-electron chi connectivity index (χ0n) is 14.7. The molecule has 26 heavy (non-hydrogen) atoms. The topological polar surface area (TPSA) is 71.1 Å². The molecule has 0 fully saturated rings. The van der Waals surface area contributed by atoms with E-state index in [-0.39, 0.29) is 18.2 Å². The molecule has 0 N–H and O–H groups in total. The smallest absolute Gasteiger partial charge is 0.310 e. The molecule has 0 saturated heterocycles. The molecule has 0 unspecified atom stereocenters. The summed E-state index contributed by atoms with van der Waals surface area (Å²) in [5.74, 6) is 1.03. The molecule has 136 valence electrons. The minimum absolute atomic E-state index is 0.176. The van der Waals surface area contributed by atoms with E-state index in [1.807, 2.05) is 0 Å². The third-order valence-electron chi connectivity index (χ3n) is 3.98. The van der Waals surface area contributed by atoms with Crippen molar-refractivity contribution >= 4 is 11.8 Å². The van der Waals surface area contributed by atoms with Crippen molar-refractivity contribution in [1.29, 1.82) is 0 Å². The van der Waals surface area contributed by atoms with Gasteiger partial charge in [0.25, 0.3) is 0 Å². The number of hydrogen-bond donors (Lipinski definition) is 0. The maximum absolute atomic E-state index is 12.9. The molecule has 1 aliphatic heterocycles. The number of carbonyl (C=O) groups excluding carboxylic acids is 2. The maximum Gasteiger partial charge on any atom is 0.310 e. The number of ketones is 1. The number of carbonyl (C=O) groups is 2. The number of fused-ring (bicyclic) bond motifs is 1. The van der Waals surface area contributed by atoms with Crippen LogP contribution in [0, 0.1) is 0 Å². The molecule has 2 aromatic carbocycles. The molecule has 1 aliphatic rings. The Labute approximate surface area is 151 Å². The highest BCUT2D eigenvalue weighted by Crippen LogP contribution is 2.37. The van der Waals surface area contributed by atoms with E-state index >= 15 is 0 Å². The van der Waals surface area contributed by atoms with Crippen molar-refractivity contribution in [3.63, 3.8) is 0 Å². The van der Waals surface area contributed by atoms with Gasteiger partial charge in [-0.05, 0) is 18.6 Å². The molecule has 0 aromatic heterocycles. The van der Waals surface area contributed by atoms with Crippen LogP contribution in [0.15, 0.2) is 36.4 Å². The Morgan fingerprint density at radius 1 is 1.04 bits per heavy atom. The minimum atomic E-state index is -0.292. The first-order valence-electron chi connectivity index (χ1n) is 8.39. The summed E-state index contributed by atoms with van der Waals surface area (Å²) >= 11 is 0. The maximum atomic E-state index is 12.9. The van der Waals surface area contributed by atoms with Gasteiger partial charge in [0.15, 0.2) is 17.3 Å². The quantitative estimate of drug-likeness (QED) is 0.585. The van der Waals surface area contributed by atoms with Gasteiger partial charge in [-0.25, -0.2) is 0 Å². The first-order valence-corrected chi connectivity index (χ1v) is 8.39. The minimum Gasteiger partial charge on any atom is -0.496 e. The average Bonchev–Trinajstić information content (AvgIpc) is 2.67. The second-order valence-corrected chi connectivity index (χ2v) is 5.70. The van der Waals surface area contributed by atoms with Crippen molar-refractivity contribution in [1.82, 2.24) is 0 Å². The summed E-state index contributed by atoms with van der Waals surface area (Å²) in [5.41, 5.74) is 1.68. The van der Waals surface area contributed by atoms with Gasteiger partial charge < -0.3 is 18.9 Å². The standard InChI is InChI=1S/C20H20O6/c1-3-24-19(21)10-13-4-6-14(7-5-13)20(22)15-11-17-18(12-16(15)23-2)26-9-8-25-17/h4-7,11-12H,3,8-10H2,1-2H3. The van der Waals surface area contributed by atoms with E-state index in [1.165, 1.54) is 7.11 Å². The monoisotopic (exact) mass is 356 g/mol. The third kappa shape index (κ3) is 3.79. The van der Waals surface area contributed by atoms with E-state index < -0.39 is 0 Å². The summed E-state index contributed by atoms with van der Waals surface area (Å²) in [6.45, 7) is 3.01. The summed E-state index contributed by atoms with van der Waals surface area (Å²) in [6.07, 6.45) is 0.176. The van der Waals surface area contributed by atoms with Crippen LogP contribution in [0.3, 0.4) is 0 Å². The largest absolute Gasteiger partial charge is 0.496 e. The number of benzene rings is 2. The molecular weight excluding hydrogens is 336 g/mol. The van der Waals surface area contributed by atoms with E-state index in [4.69, 9.17) is 18.9 Å². The first kappa shape index (κ1) is 17.8. The lowest BCUT2D eigenvalue weighted by atomic mass is 10.00.